The summed E-state index contributed by atoms with van der Waals surface area (Å²) in [5.41, 5.74) is -3.44. The second kappa shape index (κ2) is 3.52. The van der Waals surface area contributed by atoms with Gasteiger partial charge in [-0.3, -0.25) is 9.78 Å². The van der Waals surface area contributed by atoms with Crippen molar-refractivity contribution in [2.75, 3.05) is 0 Å². The Balaban J connectivity index is 3.52. The molecule has 0 amide bonds. The molecule has 1 heterocycles. The van der Waals surface area contributed by atoms with Crippen molar-refractivity contribution in [2.45, 2.75) is 6.43 Å². The highest BCUT2D eigenvalue weighted by Crippen LogP contribution is 2.22. The molecule has 0 atom stereocenters. The lowest BCUT2D eigenvalue weighted by Crippen LogP contribution is -2.16. The van der Waals surface area contributed by atoms with E-state index in [-0.39, 0.29) is 0 Å². The molecule has 0 aliphatic heterocycles. The van der Waals surface area contributed by atoms with E-state index in [1.54, 1.807) is 0 Å². The lowest BCUT2D eigenvalue weighted by Gasteiger charge is -2.04. The number of nitrogens with one attached hydrogen (secondary N) is 1. The zero-order valence-corrected chi connectivity index (χ0v) is 6.55. The molecular formula is C7H4F3NO3. The summed E-state index contributed by atoms with van der Waals surface area (Å²) in [6, 6.07) is 0.358. The zero-order chi connectivity index (χ0) is 10.9. The van der Waals surface area contributed by atoms with Gasteiger partial charge in [0.25, 0.3) is 12.0 Å². The molecule has 0 unspecified atom stereocenters. The molecule has 0 aromatic carbocycles. The minimum absolute atomic E-state index is 0.358. The van der Waals surface area contributed by atoms with Crippen LogP contribution >= 0.6 is 0 Å². The van der Waals surface area contributed by atoms with Crippen LogP contribution in [0.5, 0.6) is 0 Å². The van der Waals surface area contributed by atoms with Crippen molar-refractivity contribution >= 4 is 5.97 Å². The number of aromatic nitrogens is 1. The van der Waals surface area contributed by atoms with Crippen LogP contribution in [0.4, 0.5) is 13.2 Å². The fraction of sp³-hybridized carbons (Fsp3) is 0.143. The predicted octanol–water partition coefficient (Wildman–Crippen LogP) is 1.15. The first-order valence-corrected chi connectivity index (χ1v) is 3.37. The van der Waals surface area contributed by atoms with Gasteiger partial charge in [0.05, 0.1) is 0 Å². The van der Waals surface area contributed by atoms with Gasteiger partial charge in [0.1, 0.15) is 5.56 Å². The van der Waals surface area contributed by atoms with Gasteiger partial charge >= 0.3 is 5.97 Å². The monoisotopic (exact) mass is 207 g/mol. The smallest absolute Gasteiger partial charge is 0.340 e. The summed E-state index contributed by atoms with van der Waals surface area (Å²) in [7, 11) is 0. The molecule has 2 N–H and O–H groups in total. The molecular weight excluding hydrogens is 203 g/mol. The van der Waals surface area contributed by atoms with Crippen molar-refractivity contribution in [3.8, 4) is 0 Å². The average Bonchev–Trinajstić information content (AvgIpc) is 2.01. The first-order chi connectivity index (χ1) is 6.43. The fourth-order valence-corrected chi connectivity index (χ4v) is 0.936. The third-order valence-electron chi connectivity index (χ3n) is 1.48. The topological polar surface area (TPSA) is 70.2 Å². The van der Waals surface area contributed by atoms with Crippen molar-refractivity contribution in [2.24, 2.45) is 0 Å². The van der Waals surface area contributed by atoms with E-state index in [2.05, 4.69) is 0 Å². The van der Waals surface area contributed by atoms with E-state index in [1.807, 2.05) is 0 Å². The van der Waals surface area contributed by atoms with Gasteiger partial charge < -0.3 is 5.11 Å². The second-order valence-electron chi connectivity index (χ2n) is 2.38. The molecule has 4 nitrogen and oxygen atoms in total. The molecule has 0 bridgehead atoms. The van der Waals surface area contributed by atoms with E-state index < -0.39 is 35.0 Å². The van der Waals surface area contributed by atoms with Gasteiger partial charge in [-0.2, -0.15) is 4.39 Å². The predicted molar refractivity (Wildman–Crippen MR) is 38.9 cm³/mol. The number of carbonyl (C=O) groups is 1. The molecule has 0 saturated carbocycles. The number of halogens is 3. The summed E-state index contributed by atoms with van der Waals surface area (Å²) in [5, 5.41) is 8.39. The quantitative estimate of drug-likeness (QED) is 0.714. The molecule has 0 fully saturated rings. The van der Waals surface area contributed by atoms with Crippen LogP contribution in [0.15, 0.2) is 10.9 Å². The molecule has 0 radical (unpaired) electrons. The largest absolute Gasteiger partial charge is 0.478 e. The number of carboxylic acids is 1. The molecule has 0 saturated heterocycles. The summed E-state index contributed by atoms with van der Waals surface area (Å²) in [6.45, 7) is 0. The molecule has 1 aromatic rings. The van der Waals surface area contributed by atoms with Crippen LogP contribution in [0.3, 0.4) is 0 Å². The average molecular weight is 207 g/mol. The Morgan fingerprint density at radius 1 is 1.50 bits per heavy atom. The molecule has 76 valence electrons. The molecule has 1 aromatic heterocycles. The Morgan fingerprint density at radius 2 is 2.07 bits per heavy atom. The van der Waals surface area contributed by atoms with Crippen LogP contribution in [0.2, 0.25) is 0 Å². The van der Waals surface area contributed by atoms with Crippen molar-refractivity contribution < 1.29 is 23.1 Å². The van der Waals surface area contributed by atoms with E-state index in [4.69, 9.17) is 5.11 Å². The van der Waals surface area contributed by atoms with Crippen molar-refractivity contribution in [1.82, 2.24) is 4.98 Å². The maximum atomic E-state index is 12.8. The highest BCUT2D eigenvalue weighted by atomic mass is 19.3. The first-order valence-electron chi connectivity index (χ1n) is 3.37. The molecule has 1 rings (SSSR count). The van der Waals surface area contributed by atoms with Crippen LogP contribution < -0.4 is 5.56 Å². The van der Waals surface area contributed by atoms with Gasteiger partial charge in [-0.05, 0) is 0 Å². The molecule has 0 aliphatic carbocycles. The third kappa shape index (κ3) is 1.76. The summed E-state index contributed by atoms with van der Waals surface area (Å²) in [4.78, 5) is 22.4. The number of aromatic amines is 1. The Bertz CT molecular complexity index is 427. The normalized spacial score (nSPS) is 10.6. The van der Waals surface area contributed by atoms with Crippen LogP contribution in [-0.4, -0.2) is 16.1 Å². The van der Waals surface area contributed by atoms with Crippen LogP contribution in [-0.2, 0) is 0 Å². The Labute approximate surface area is 75.0 Å². The van der Waals surface area contributed by atoms with E-state index >= 15 is 0 Å². The van der Waals surface area contributed by atoms with Gasteiger partial charge in [0.15, 0.2) is 0 Å². The van der Waals surface area contributed by atoms with Crippen LogP contribution in [0, 0.1) is 5.95 Å². The fourth-order valence-electron chi connectivity index (χ4n) is 0.936. The van der Waals surface area contributed by atoms with Gasteiger partial charge in [-0.15, -0.1) is 0 Å². The van der Waals surface area contributed by atoms with Gasteiger partial charge in [0.2, 0.25) is 5.95 Å². The summed E-state index contributed by atoms with van der Waals surface area (Å²) in [5.74, 6) is -3.42. The van der Waals surface area contributed by atoms with Gasteiger partial charge in [0, 0.05) is 11.6 Å². The first kappa shape index (κ1) is 10.3. The second-order valence-corrected chi connectivity index (χ2v) is 2.38. The van der Waals surface area contributed by atoms with Crippen molar-refractivity contribution in [3.05, 3.63) is 33.5 Å². The third-order valence-corrected chi connectivity index (χ3v) is 1.48. The summed E-state index contributed by atoms with van der Waals surface area (Å²) in [6.07, 6.45) is -3.21. The Morgan fingerprint density at radius 3 is 2.50 bits per heavy atom. The Kier molecular flexibility index (Phi) is 2.59. The van der Waals surface area contributed by atoms with Crippen molar-refractivity contribution in [3.63, 3.8) is 0 Å². The maximum absolute atomic E-state index is 12.8. The van der Waals surface area contributed by atoms with Crippen LogP contribution in [0.1, 0.15) is 22.3 Å². The lowest BCUT2D eigenvalue weighted by molar-refractivity contribution is 0.0677. The van der Waals surface area contributed by atoms with E-state index in [0.29, 0.717) is 6.07 Å². The van der Waals surface area contributed by atoms with E-state index in [0.717, 1.165) is 0 Å². The number of carboxylic acid groups (broad SMARTS) is 1. The van der Waals surface area contributed by atoms with E-state index in [9.17, 15) is 22.8 Å². The summed E-state index contributed by atoms with van der Waals surface area (Å²) < 4.78 is 37.1. The molecule has 0 spiro atoms. The molecule has 14 heavy (non-hydrogen) atoms. The number of aromatic carboxylic acids is 1. The lowest BCUT2D eigenvalue weighted by atomic mass is 10.1. The Hall–Kier alpha value is -1.79. The van der Waals surface area contributed by atoms with Crippen molar-refractivity contribution in [1.29, 1.82) is 0 Å². The molecule has 0 aliphatic rings. The molecule has 7 heteroatoms. The number of hydrogen-bond donors (Lipinski definition) is 2. The SMILES string of the molecule is O=C(O)c1c(C(F)F)cc(=O)[nH]c1F. The number of hydrogen-bond acceptors (Lipinski definition) is 2. The zero-order valence-electron chi connectivity index (χ0n) is 6.55. The van der Waals surface area contributed by atoms with E-state index in [1.165, 1.54) is 4.98 Å². The number of pyridine rings is 1. The number of rotatable bonds is 2. The maximum Gasteiger partial charge on any atom is 0.340 e. The summed E-state index contributed by atoms with van der Waals surface area (Å²) >= 11 is 0. The van der Waals surface area contributed by atoms with Gasteiger partial charge in [-0.25, -0.2) is 13.6 Å². The highest BCUT2D eigenvalue weighted by Gasteiger charge is 2.23. The number of H-pyrrole nitrogens is 1. The van der Waals surface area contributed by atoms with Gasteiger partial charge in [-0.1, -0.05) is 0 Å². The minimum Gasteiger partial charge on any atom is -0.478 e. The number of alkyl halides is 2. The van der Waals surface area contributed by atoms with Crippen LogP contribution in [0.25, 0.3) is 0 Å². The minimum atomic E-state index is -3.21. The highest BCUT2D eigenvalue weighted by molar-refractivity contribution is 5.89. The standard InChI is InChI=1S/C7H4F3NO3/c8-5(9)2-1-3(12)11-6(10)4(2)7(13)14/h1,5H,(H,11,12)(H,13,14).